The highest BCUT2D eigenvalue weighted by Crippen LogP contribution is 2.42. The molecule has 2 heterocycles. The molecule has 0 aromatic carbocycles. The fraction of sp³-hybridized carbons (Fsp3) is 1.00. The van der Waals surface area contributed by atoms with Gasteiger partial charge in [0.15, 0.2) is 0 Å². The third kappa shape index (κ3) is 2.85. The number of nitrogens with two attached hydrogens (primary N) is 1. The summed E-state index contributed by atoms with van der Waals surface area (Å²) in [5, 5.41) is 18.7. The standard InChI is InChI=1S/C13H25NO6/c1-13(2)8(4-7(16)5-15)20-10-9(11(13)17-3)18-6-19-12(10)14/h7-12,15-16H,4-6,14H2,1-3H3/t7-,8-,9+,10+,11-,12+/m1/s1. The second kappa shape index (κ2) is 6.23. The maximum absolute atomic E-state index is 9.70. The number of hydrogen-bond donors (Lipinski definition) is 3. The van der Waals surface area contributed by atoms with Crippen LogP contribution in [0, 0.1) is 5.41 Å². The average Bonchev–Trinajstić information content (AvgIpc) is 2.40. The first kappa shape index (κ1) is 16.1. The molecule has 4 N–H and O–H groups in total. The van der Waals surface area contributed by atoms with Crippen LogP contribution in [-0.2, 0) is 18.9 Å². The van der Waals surface area contributed by atoms with Crippen molar-refractivity contribution in [2.75, 3.05) is 20.5 Å². The number of hydrogen-bond acceptors (Lipinski definition) is 7. The zero-order valence-corrected chi connectivity index (χ0v) is 12.2. The van der Waals surface area contributed by atoms with Gasteiger partial charge in [0.25, 0.3) is 0 Å². The Balaban J connectivity index is 2.21. The van der Waals surface area contributed by atoms with Gasteiger partial charge in [-0.1, -0.05) is 13.8 Å². The molecule has 0 aromatic rings. The highest BCUT2D eigenvalue weighted by Gasteiger charge is 2.55. The lowest BCUT2D eigenvalue weighted by Crippen LogP contribution is -2.67. The molecule has 0 unspecified atom stereocenters. The summed E-state index contributed by atoms with van der Waals surface area (Å²) in [6, 6.07) is 0. The van der Waals surface area contributed by atoms with E-state index in [4.69, 9.17) is 29.8 Å². The lowest BCUT2D eigenvalue weighted by molar-refractivity contribution is -0.327. The van der Waals surface area contributed by atoms with E-state index < -0.39 is 18.4 Å². The summed E-state index contributed by atoms with van der Waals surface area (Å²) in [6.45, 7) is 3.80. The minimum absolute atomic E-state index is 0.117. The molecule has 2 aliphatic heterocycles. The summed E-state index contributed by atoms with van der Waals surface area (Å²) in [5.41, 5.74) is 5.54. The van der Waals surface area contributed by atoms with Crippen molar-refractivity contribution in [1.29, 1.82) is 0 Å². The molecule has 0 radical (unpaired) electrons. The van der Waals surface area contributed by atoms with E-state index in [1.165, 1.54) is 0 Å². The molecule has 0 aliphatic carbocycles. The number of methoxy groups -OCH3 is 1. The minimum Gasteiger partial charge on any atom is -0.394 e. The predicted octanol–water partition coefficient (Wildman–Crippen LogP) is -0.804. The van der Waals surface area contributed by atoms with Gasteiger partial charge in [-0.2, -0.15) is 0 Å². The van der Waals surface area contributed by atoms with Crippen LogP contribution in [0.3, 0.4) is 0 Å². The van der Waals surface area contributed by atoms with Crippen LogP contribution in [0.25, 0.3) is 0 Å². The Morgan fingerprint density at radius 2 is 2.05 bits per heavy atom. The molecule has 0 spiro atoms. The van der Waals surface area contributed by atoms with Crippen LogP contribution in [0.5, 0.6) is 0 Å². The van der Waals surface area contributed by atoms with E-state index in [1.54, 1.807) is 7.11 Å². The van der Waals surface area contributed by atoms with Crippen LogP contribution in [0.2, 0.25) is 0 Å². The molecule has 7 heteroatoms. The second-order valence-electron chi connectivity index (χ2n) is 6.02. The minimum atomic E-state index is -0.838. The molecule has 2 aliphatic rings. The first-order valence-electron chi connectivity index (χ1n) is 6.87. The van der Waals surface area contributed by atoms with Gasteiger partial charge in [0.05, 0.1) is 24.9 Å². The molecule has 2 saturated heterocycles. The number of fused-ring (bicyclic) bond motifs is 1. The van der Waals surface area contributed by atoms with Gasteiger partial charge in [-0.25, -0.2) is 0 Å². The first-order chi connectivity index (χ1) is 9.41. The molecule has 7 nitrogen and oxygen atoms in total. The molecule has 0 saturated carbocycles. The molecular weight excluding hydrogens is 266 g/mol. The van der Waals surface area contributed by atoms with Crippen LogP contribution in [0.4, 0.5) is 0 Å². The Bertz CT molecular complexity index is 326. The second-order valence-corrected chi connectivity index (χ2v) is 6.02. The number of aliphatic hydroxyl groups is 2. The number of aliphatic hydroxyl groups excluding tert-OH is 2. The molecule has 20 heavy (non-hydrogen) atoms. The van der Waals surface area contributed by atoms with E-state index in [2.05, 4.69) is 0 Å². The summed E-state index contributed by atoms with van der Waals surface area (Å²) in [5.74, 6) is 0. The summed E-state index contributed by atoms with van der Waals surface area (Å²) >= 11 is 0. The van der Waals surface area contributed by atoms with E-state index >= 15 is 0 Å². The smallest absolute Gasteiger partial charge is 0.149 e. The zero-order chi connectivity index (χ0) is 14.9. The molecule has 6 atom stereocenters. The van der Waals surface area contributed by atoms with Gasteiger partial charge in [-0.05, 0) is 0 Å². The molecule has 0 amide bonds. The van der Waals surface area contributed by atoms with Crippen molar-refractivity contribution in [2.45, 2.75) is 57.0 Å². The Hall–Kier alpha value is -0.280. The van der Waals surface area contributed by atoms with Crippen molar-refractivity contribution in [2.24, 2.45) is 11.1 Å². The van der Waals surface area contributed by atoms with Gasteiger partial charge in [0, 0.05) is 18.9 Å². The highest BCUT2D eigenvalue weighted by molar-refractivity contribution is 5.01. The monoisotopic (exact) mass is 291 g/mol. The van der Waals surface area contributed by atoms with Crippen molar-refractivity contribution >= 4 is 0 Å². The summed E-state index contributed by atoms with van der Waals surface area (Å²) in [6.07, 6.45) is -2.41. The summed E-state index contributed by atoms with van der Waals surface area (Å²) in [7, 11) is 1.62. The largest absolute Gasteiger partial charge is 0.394 e. The summed E-state index contributed by atoms with van der Waals surface area (Å²) in [4.78, 5) is 0. The molecular formula is C13H25NO6. The van der Waals surface area contributed by atoms with Crippen molar-refractivity contribution < 1.29 is 29.2 Å². The number of rotatable bonds is 4. The third-order valence-corrected chi connectivity index (χ3v) is 4.30. The summed E-state index contributed by atoms with van der Waals surface area (Å²) < 4.78 is 22.5. The van der Waals surface area contributed by atoms with Gasteiger partial charge >= 0.3 is 0 Å². The van der Waals surface area contributed by atoms with Crippen LogP contribution in [-0.4, -0.2) is 67.5 Å². The quantitative estimate of drug-likeness (QED) is 0.623. The zero-order valence-electron chi connectivity index (χ0n) is 12.2. The van der Waals surface area contributed by atoms with Crippen LogP contribution in [0.15, 0.2) is 0 Å². The van der Waals surface area contributed by atoms with Gasteiger partial charge in [0.1, 0.15) is 25.2 Å². The third-order valence-electron chi connectivity index (χ3n) is 4.30. The lowest BCUT2D eigenvalue weighted by Gasteiger charge is -2.53. The van der Waals surface area contributed by atoms with E-state index in [9.17, 15) is 5.11 Å². The van der Waals surface area contributed by atoms with Gasteiger partial charge in [0.2, 0.25) is 0 Å². The van der Waals surface area contributed by atoms with E-state index in [1.807, 2.05) is 13.8 Å². The van der Waals surface area contributed by atoms with Gasteiger partial charge in [-0.15, -0.1) is 0 Å². The Morgan fingerprint density at radius 1 is 1.35 bits per heavy atom. The Morgan fingerprint density at radius 3 is 2.65 bits per heavy atom. The Kier molecular flexibility index (Phi) is 5.01. The maximum Gasteiger partial charge on any atom is 0.149 e. The van der Waals surface area contributed by atoms with E-state index in [0.717, 1.165) is 0 Å². The van der Waals surface area contributed by atoms with E-state index in [-0.39, 0.29) is 37.1 Å². The fourth-order valence-electron chi connectivity index (χ4n) is 3.08. The van der Waals surface area contributed by atoms with Gasteiger partial charge < -0.3 is 34.9 Å². The maximum atomic E-state index is 9.70. The normalized spacial score (nSPS) is 42.0. The van der Waals surface area contributed by atoms with Crippen molar-refractivity contribution in [3.63, 3.8) is 0 Å². The van der Waals surface area contributed by atoms with Crippen molar-refractivity contribution in [3.8, 4) is 0 Å². The molecule has 2 rings (SSSR count). The van der Waals surface area contributed by atoms with Crippen LogP contribution in [0.1, 0.15) is 20.3 Å². The predicted molar refractivity (Wildman–Crippen MR) is 69.7 cm³/mol. The Labute approximate surface area is 118 Å². The van der Waals surface area contributed by atoms with Crippen molar-refractivity contribution in [3.05, 3.63) is 0 Å². The van der Waals surface area contributed by atoms with Crippen LogP contribution >= 0.6 is 0 Å². The molecule has 118 valence electrons. The van der Waals surface area contributed by atoms with Crippen molar-refractivity contribution in [1.82, 2.24) is 0 Å². The average molecular weight is 291 g/mol. The topological polar surface area (TPSA) is 103 Å². The van der Waals surface area contributed by atoms with Gasteiger partial charge in [-0.3, -0.25) is 0 Å². The lowest BCUT2D eigenvalue weighted by atomic mass is 9.72. The number of ether oxygens (including phenoxy) is 4. The SMILES string of the molecule is CO[C@@H]1[C@H]2OCO[C@H](N)[C@H]2O[C@H](C[C@@H](O)CO)C1(C)C. The molecule has 0 bridgehead atoms. The first-order valence-corrected chi connectivity index (χ1v) is 6.87. The fourth-order valence-corrected chi connectivity index (χ4v) is 3.08. The van der Waals surface area contributed by atoms with Crippen LogP contribution < -0.4 is 5.73 Å². The molecule has 0 aromatic heterocycles. The molecule has 2 fully saturated rings. The van der Waals surface area contributed by atoms with E-state index in [0.29, 0.717) is 6.42 Å². The highest BCUT2D eigenvalue weighted by atomic mass is 16.7.